The zero-order valence-electron chi connectivity index (χ0n) is 20.8. The van der Waals surface area contributed by atoms with E-state index in [0.29, 0.717) is 0 Å². The molecule has 0 aliphatic carbocycles. The van der Waals surface area contributed by atoms with Gasteiger partial charge >= 0.3 is 0 Å². The molecule has 0 saturated heterocycles. The van der Waals surface area contributed by atoms with Crippen LogP contribution in [0.2, 0.25) is 13.1 Å². The minimum Gasteiger partial charge on any atom is -0.665 e. The first-order valence-corrected chi connectivity index (χ1v) is 12.3. The molecule has 1 aromatic rings. The predicted octanol–water partition coefficient (Wildman–Crippen LogP) is 6.69. The minimum absolute atomic E-state index is 0. The summed E-state index contributed by atoms with van der Waals surface area (Å²) in [5.41, 5.74) is 5.94. The van der Waals surface area contributed by atoms with Gasteiger partial charge in [-0.1, -0.05) is 83.6 Å². The molecule has 0 aliphatic rings. The van der Waals surface area contributed by atoms with Crippen molar-refractivity contribution in [3.05, 3.63) is 45.3 Å². The SMILES string of the molecule is CC[N-]C.CC[N-]C.Cc1c(C)c([Si](C)(C)[N-]C(C)(C)C)[c-](C)c1C.[CH3-].[U]. The molecule has 5 heteroatoms. The predicted molar refractivity (Wildman–Crippen MR) is 127 cm³/mol. The van der Waals surface area contributed by atoms with Crippen LogP contribution in [0.15, 0.2) is 0 Å². The van der Waals surface area contributed by atoms with Crippen LogP contribution in [0.3, 0.4) is 0 Å². The van der Waals surface area contributed by atoms with Crippen molar-refractivity contribution in [1.29, 1.82) is 0 Å². The monoisotopic (exact) mass is 618 g/mol. The van der Waals surface area contributed by atoms with Gasteiger partial charge in [0.1, 0.15) is 0 Å². The van der Waals surface area contributed by atoms with Crippen LogP contribution >= 0.6 is 0 Å². The Balaban J connectivity index is -0.000000225. The molecule has 27 heavy (non-hydrogen) atoms. The van der Waals surface area contributed by atoms with Gasteiger partial charge in [-0.15, -0.1) is 5.54 Å². The van der Waals surface area contributed by atoms with Crippen molar-refractivity contribution < 1.29 is 31.1 Å². The summed E-state index contributed by atoms with van der Waals surface area (Å²) in [5, 5.41) is 9.03. The second-order valence-corrected chi connectivity index (χ2v) is 11.8. The minimum atomic E-state index is -1.69. The van der Waals surface area contributed by atoms with E-state index in [2.05, 4.69) is 72.2 Å². The van der Waals surface area contributed by atoms with E-state index in [1.807, 2.05) is 13.8 Å². The number of nitrogens with zero attached hydrogens (tertiary/aromatic N) is 3. The summed E-state index contributed by atoms with van der Waals surface area (Å²) in [6.07, 6.45) is 0. The normalized spacial score (nSPS) is 10.6. The van der Waals surface area contributed by atoms with Crippen LogP contribution in [-0.4, -0.2) is 41.0 Å². The first kappa shape index (κ1) is 35.0. The second kappa shape index (κ2) is 16.3. The van der Waals surface area contributed by atoms with Gasteiger partial charge in [0.25, 0.3) is 0 Å². The maximum Gasteiger partial charge on any atom is 0 e. The summed E-state index contributed by atoms with van der Waals surface area (Å²) in [7, 11) is 1.92. The Morgan fingerprint density at radius 2 is 1.22 bits per heavy atom. The van der Waals surface area contributed by atoms with E-state index in [9.17, 15) is 0 Å². The molecule has 3 nitrogen and oxygen atoms in total. The maximum absolute atomic E-state index is 5.13. The first-order chi connectivity index (χ1) is 11.3. The van der Waals surface area contributed by atoms with E-state index in [0.717, 1.165) is 13.1 Å². The van der Waals surface area contributed by atoms with Crippen molar-refractivity contribution in [3.8, 4) is 0 Å². The average molecular weight is 619 g/mol. The molecule has 0 N–H and O–H groups in total. The molecule has 162 valence electrons. The molecule has 0 saturated carbocycles. The van der Waals surface area contributed by atoms with E-state index in [4.69, 9.17) is 4.98 Å². The van der Waals surface area contributed by atoms with Gasteiger partial charge in [0.15, 0.2) is 0 Å². The number of hydrogen-bond donors (Lipinski definition) is 0. The largest absolute Gasteiger partial charge is 0.665 e. The van der Waals surface area contributed by atoms with Gasteiger partial charge in [0, 0.05) is 31.1 Å². The third-order valence-corrected chi connectivity index (χ3v) is 7.50. The molecular formula is C22H46N3SiU-5. The smallest absolute Gasteiger partial charge is 0 e. The van der Waals surface area contributed by atoms with Crippen LogP contribution in [-0.2, 0) is 0 Å². The molecule has 0 aliphatic heterocycles. The van der Waals surface area contributed by atoms with Gasteiger partial charge in [0.2, 0.25) is 0 Å². The Morgan fingerprint density at radius 1 is 0.889 bits per heavy atom. The summed E-state index contributed by atoms with van der Waals surface area (Å²) in [6, 6.07) is 0. The van der Waals surface area contributed by atoms with Crippen LogP contribution in [0.25, 0.3) is 15.6 Å². The topological polar surface area (TPSA) is 42.3 Å². The Bertz CT molecular complexity index is 455. The Morgan fingerprint density at radius 3 is 1.41 bits per heavy atom. The summed E-state index contributed by atoms with van der Waals surface area (Å²) in [6.45, 7) is 26.3. The molecular weight excluding hydrogens is 572 g/mol. The Labute approximate surface area is 197 Å². The second-order valence-electron chi connectivity index (χ2n) is 7.98. The summed E-state index contributed by atoms with van der Waals surface area (Å²) in [5.74, 6) is 0. The molecule has 0 atom stereocenters. The van der Waals surface area contributed by atoms with E-state index < -0.39 is 8.24 Å². The standard InChI is InChI=1S/C15H27NSi.2C3H8N.CH3.U/c1-10-11(2)13(4)14(12(10)3)17(8,9)16-15(5,6)7;2*1-3-4-2;;/h1-9H3;2*3H2,1-2H3;1H3;/q-2;3*-1;. The third-order valence-electron chi connectivity index (χ3n) is 4.30. The van der Waals surface area contributed by atoms with Crippen molar-refractivity contribution in [2.45, 2.75) is 80.9 Å². The fourth-order valence-corrected chi connectivity index (χ4v) is 7.03. The first-order valence-electron chi connectivity index (χ1n) is 9.39. The molecule has 0 spiro atoms. The van der Waals surface area contributed by atoms with Crippen molar-refractivity contribution in [3.63, 3.8) is 0 Å². The van der Waals surface area contributed by atoms with Gasteiger partial charge in [-0.3, -0.25) is 0 Å². The van der Waals surface area contributed by atoms with Crippen LogP contribution in [0.5, 0.6) is 0 Å². The van der Waals surface area contributed by atoms with Gasteiger partial charge in [-0.25, -0.2) is 5.56 Å². The van der Waals surface area contributed by atoms with E-state index in [1.54, 1.807) is 19.3 Å². The summed E-state index contributed by atoms with van der Waals surface area (Å²) >= 11 is 0. The zero-order valence-corrected chi connectivity index (χ0v) is 25.9. The molecule has 1 aromatic carbocycles. The van der Waals surface area contributed by atoms with Crippen molar-refractivity contribution in [1.82, 2.24) is 0 Å². The molecule has 0 fully saturated rings. The zero-order chi connectivity index (χ0) is 20.4. The van der Waals surface area contributed by atoms with Gasteiger partial charge in [0.05, 0.1) is 0 Å². The van der Waals surface area contributed by atoms with Gasteiger partial charge < -0.3 is 23.0 Å². The number of rotatable bonds is 4. The molecule has 0 bridgehead atoms. The van der Waals surface area contributed by atoms with Crippen LogP contribution < -0.4 is 5.19 Å². The Kier molecular flexibility index (Phi) is 21.1. The van der Waals surface area contributed by atoms with Crippen molar-refractivity contribution >= 4 is 13.4 Å². The van der Waals surface area contributed by atoms with Crippen molar-refractivity contribution in [2.75, 3.05) is 27.2 Å². The summed E-state index contributed by atoms with van der Waals surface area (Å²) < 4.78 is 0. The molecule has 0 radical (unpaired) electrons. The number of hydrogen-bond acceptors (Lipinski definition) is 0. The third kappa shape index (κ3) is 13.4. The van der Waals surface area contributed by atoms with Gasteiger partial charge in [-0.2, -0.15) is 49.1 Å². The fourth-order valence-electron chi connectivity index (χ4n) is 3.03. The fraction of sp³-hybridized carbons (Fsp3) is 0.727. The molecule has 1 rings (SSSR count). The van der Waals surface area contributed by atoms with Crippen LogP contribution in [0.1, 0.15) is 56.9 Å². The van der Waals surface area contributed by atoms with Gasteiger partial charge in [-0.05, 0) is 0 Å². The van der Waals surface area contributed by atoms with E-state index in [1.165, 1.54) is 22.3 Å². The molecule has 0 unspecified atom stereocenters. The molecule has 0 aromatic heterocycles. The average Bonchev–Trinajstić information content (AvgIpc) is 2.69. The maximum atomic E-state index is 5.13. The van der Waals surface area contributed by atoms with E-state index >= 15 is 0 Å². The van der Waals surface area contributed by atoms with Crippen LogP contribution in [0.4, 0.5) is 0 Å². The van der Waals surface area contributed by atoms with Crippen LogP contribution in [0, 0.1) is 66.2 Å². The summed E-state index contributed by atoms with van der Waals surface area (Å²) in [4.78, 5) is 5.13. The molecule has 0 heterocycles. The quantitative estimate of drug-likeness (QED) is 0.267. The molecule has 0 amide bonds. The van der Waals surface area contributed by atoms with E-state index in [-0.39, 0.29) is 44.1 Å². The Hall–Kier alpha value is 0.499. The van der Waals surface area contributed by atoms with Crippen molar-refractivity contribution in [2.24, 2.45) is 0 Å².